The number of rotatable bonds is 7. The van der Waals surface area contributed by atoms with Gasteiger partial charge in [-0.05, 0) is 12.8 Å². The van der Waals surface area contributed by atoms with Crippen LogP contribution in [0.2, 0.25) is 0 Å². The van der Waals surface area contributed by atoms with Crippen molar-refractivity contribution in [2.75, 3.05) is 18.4 Å². The molecule has 0 spiro atoms. The molecule has 0 bridgehead atoms. The molecule has 3 fully saturated rings. The van der Waals surface area contributed by atoms with Crippen LogP contribution in [-0.2, 0) is 19.0 Å². The molecule has 0 radical (unpaired) electrons. The lowest BCUT2D eigenvalue weighted by Gasteiger charge is -2.51. The van der Waals surface area contributed by atoms with Crippen LogP contribution in [0.4, 0.5) is 0 Å². The van der Waals surface area contributed by atoms with E-state index < -0.39 is 77.8 Å². The maximum absolute atomic E-state index is 13.7. The van der Waals surface area contributed by atoms with E-state index in [9.17, 15) is 30.3 Å². The van der Waals surface area contributed by atoms with Crippen molar-refractivity contribution in [3.63, 3.8) is 0 Å². The molecular formula is C19H29Cl3O9. The van der Waals surface area contributed by atoms with E-state index >= 15 is 0 Å². The summed E-state index contributed by atoms with van der Waals surface area (Å²) in [5.41, 5.74) is 0. The second-order valence-electron chi connectivity index (χ2n) is 8.38. The Hall–Kier alpha value is 0.220. The van der Waals surface area contributed by atoms with E-state index in [1.54, 1.807) is 0 Å². The van der Waals surface area contributed by atoms with Gasteiger partial charge in [0.25, 0.3) is 5.79 Å². The summed E-state index contributed by atoms with van der Waals surface area (Å²) in [6.07, 6.45) is -5.73. The van der Waals surface area contributed by atoms with Gasteiger partial charge in [-0.1, -0.05) is 19.3 Å². The Morgan fingerprint density at radius 3 is 2.13 bits per heavy atom. The van der Waals surface area contributed by atoms with E-state index in [1.165, 1.54) is 0 Å². The van der Waals surface area contributed by atoms with Crippen LogP contribution in [0.25, 0.3) is 0 Å². The zero-order valence-corrected chi connectivity index (χ0v) is 19.0. The minimum Gasteiger partial charge on any atom is -0.394 e. The van der Waals surface area contributed by atoms with Gasteiger partial charge in [-0.25, -0.2) is 0 Å². The van der Waals surface area contributed by atoms with E-state index in [0.29, 0.717) is 12.8 Å². The maximum atomic E-state index is 13.7. The molecule has 9 atom stereocenters. The molecule has 2 saturated heterocycles. The number of halogens is 3. The molecule has 31 heavy (non-hydrogen) atoms. The Bertz CT molecular complexity index is 635. The Morgan fingerprint density at radius 2 is 1.61 bits per heavy atom. The summed E-state index contributed by atoms with van der Waals surface area (Å²) in [4.78, 5) is 13.7. The third-order valence-electron chi connectivity index (χ3n) is 6.39. The molecule has 12 heteroatoms. The summed E-state index contributed by atoms with van der Waals surface area (Å²) in [7, 11) is 0. The SMILES string of the molecule is O=C(C1CCCCC1)[C@@]1(O[C@]2(CCl)O[C@H](CCl)[C@@H](O)[C@@H]2O)O[C@H](CO)[C@H](Cl)[C@H](O)[C@H]1O. The number of carbonyl (C=O) groups excluding carboxylic acids is 1. The standard InChI is InChI=1S/C19H29Cl3O9/c20-6-10-13(24)16(27)18(8-21,29-10)31-19(15(26)9-4-2-1-3-5-9)17(28)14(25)12(22)11(7-23)30-19/h9-14,16-17,23-25,27-28H,1-8H2/t10-,11-,12+,13-,14+,16+,17-,18+,19+/m1/s1. The number of alkyl halides is 3. The number of hydrogen-bond acceptors (Lipinski definition) is 9. The minimum atomic E-state index is -2.54. The van der Waals surface area contributed by atoms with Gasteiger partial charge in [0.15, 0.2) is 5.78 Å². The van der Waals surface area contributed by atoms with E-state index in [4.69, 9.17) is 49.0 Å². The molecule has 0 unspecified atom stereocenters. The molecular weight excluding hydrogens is 479 g/mol. The zero-order chi connectivity index (χ0) is 23.0. The summed E-state index contributed by atoms with van der Waals surface area (Å²) < 4.78 is 17.3. The fourth-order valence-electron chi connectivity index (χ4n) is 4.57. The highest BCUT2D eigenvalue weighted by Crippen LogP contribution is 2.45. The fourth-order valence-corrected chi connectivity index (χ4v) is 5.36. The third-order valence-corrected chi connectivity index (χ3v) is 7.60. The zero-order valence-electron chi connectivity index (χ0n) is 16.8. The molecule has 1 saturated carbocycles. The number of hydrogen-bond donors (Lipinski definition) is 5. The van der Waals surface area contributed by atoms with Crippen molar-refractivity contribution in [3.05, 3.63) is 0 Å². The summed E-state index contributed by atoms with van der Waals surface area (Å²) in [5, 5.41) is 50.9. The van der Waals surface area contributed by atoms with E-state index in [0.717, 1.165) is 19.3 Å². The lowest BCUT2D eigenvalue weighted by molar-refractivity contribution is -0.395. The van der Waals surface area contributed by atoms with Gasteiger partial charge in [-0.15, -0.1) is 34.8 Å². The maximum Gasteiger partial charge on any atom is 0.261 e. The van der Waals surface area contributed by atoms with Crippen LogP contribution in [-0.4, -0.2) is 103 Å². The largest absolute Gasteiger partial charge is 0.394 e. The van der Waals surface area contributed by atoms with Gasteiger partial charge in [0.05, 0.1) is 23.7 Å². The van der Waals surface area contributed by atoms with Gasteiger partial charge in [-0.2, -0.15) is 0 Å². The second kappa shape index (κ2) is 10.2. The number of aliphatic hydroxyl groups excluding tert-OH is 5. The molecule has 2 heterocycles. The quantitative estimate of drug-likeness (QED) is 0.297. The van der Waals surface area contributed by atoms with E-state index in [2.05, 4.69) is 0 Å². The number of ketones is 1. The fraction of sp³-hybridized carbons (Fsp3) is 0.947. The molecule has 9 nitrogen and oxygen atoms in total. The van der Waals surface area contributed by atoms with Gasteiger partial charge >= 0.3 is 0 Å². The summed E-state index contributed by atoms with van der Waals surface area (Å²) in [6, 6.07) is 0. The first-order valence-electron chi connectivity index (χ1n) is 10.4. The summed E-state index contributed by atoms with van der Waals surface area (Å²) >= 11 is 18.0. The third kappa shape index (κ3) is 4.49. The van der Waals surface area contributed by atoms with Crippen LogP contribution in [0, 0.1) is 5.92 Å². The van der Waals surface area contributed by atoms with Crippen molar-refractivity contribution in [1.82, 2.24) is 0 Å². The highest BCUT2D eigenvalue weighted by molar-refractivity contribution is 6.21. The first kappa shape index (κ1) is 25.8. The number of carbonyl (C=O) groups is 1. The monoisotopic (exact) mass is 506 g/mol. The number of aliphatic hydroxyl groups is 5. The Morgan fingerprint density at radius 1 is 0.968 bits per heavy atom. The van der Waals surface area contributed by atoms with Crippen LogP contribution >= 0.6 is 34.8 Å². The van der Waals surface area contributed by atoms with E-state index in [1.807, 2.05) is 0 Å². The molecule has 180 valence electrons. The van der Waals surface area contributed by atoms with Crippen LogP contribution in [0.1, 0.15) is 32.1 Å². The van der Waals surface area contributed by atoms with Crippen molar-refractivity contribution in [3.8, 4) is 0 Å². The number of ether oxygens (including phenoxy) is 3. The number of Topliss-reactive ketones (excluding diaryl/α,β-unsaturated/α-hetero) is 1. The van der Waals surface area contributed by atoms with Crippen molar-refractivity contribution in [2.24, 2.45) is 5.92 Å². The molecule has 2 aliphatic heterocycles. The molecule has 3 rings (SSSR count). The molecule has 1 aliphatic carbocycles. The lowest BCUT2D eigenvalue weighted by atomic mass is 9.79. The van der Waals surface area contributed by atoms with Crippen LogP contribution < -0.4 is 0 Å². The topological polar surface area (TPSA) is 146 Å². The van der Waals surface area contributed by atoms with Crippen LogP contribution in [0.3, 0.4) is 0 Å². The predicted octanol–water partition coefficient (Wildman–Crippen LogP) is -0.137. The highest BCUT2D eigenvalue weighted by Gasteiger charge is 2.66. The molecule has 0 aromatic heterocycles. The Balaban J connectivity index is 2.04. The molecule has 5 N–H and O–H groups in total. The Labute approximate surface area is 195 Å². The van der Waals surface area contributed by atoms with Crippen molar-refractivity contribution >= 4 is 40.6 Å². The summed E-state index contributed by atoms with van der Waals surface area (Å²) in [6.45, 7) is -0.675. The van der Waals surface area contributed by atoms with Gasteiger partial charge in [0.1, 0.15) is 36.6 Å². The second-order valence-corrected chi connectivity index (χ2v) is 9.46. The van der Waals surface area contributed by atoms with Crippen LogP contribution in [0.15, 0.2) is 0 Å². The minimum absolute atomic E-state index is 0.209. The lowest BCUT2D eigenvalue weighted by Crippen LogP contribution is -2.72. The van der Waals surface area contributed by atoms with Gasteiger partial charge in [0, 0.05) is 5.92 Å². The molecule has 3 aliphatic rings. The Kier molecular flexibility index (Phi) is 8.53. The smallest absolute Gasteiger partial charge is 0.261 e. The summed E-state index contributed by atoms with van der Waals surface area (Å²) in [5.74, 6) is -6.73. The highest BCUT2D eigenvalue weighted by atomic mass is 35.5. The van der Waals surface area contributed by atoms with Crippen LogP contribution in [0.5, 0.6) is 0 Å². The van der Waals surface area contributed by atoms with Gasteiger partial charge < -0.3 is 39.7 Å². The van der Waals surface area contributed by atoms with E-state index in [-0.39, 0.29) is 5.88 Å². The van der Waals surface area contributed by atoms with Gasteiger partial charge in [0.2, 0.25) is 5.79 Å². The normalized spacial score (nSPS) is 46.9. The molecule has 0 amide bonds. The molecule has 0 aromatic carbocycles. The van der Waals surface area contributed by atoms with Gasteiger partial charge in [-0.3, -0.25) is 4.79 Å². The van der Waals surface area contributed by atoms with Crippen molar-refractivity contribution in [1.29, 1.82) is 0 Å². The average molecular weight is 508 g/mol. The van der Waals surface area contributed by atoms with Crippen molar-refractivity contribution < 1.29 is 44.5 Å². The molecule has 0 aromatic rings. The first-order valence-corrected chi connectivity index (χ1v) is 11.9. The predicted molar refractivity (Wildman–Crippen MR) is 110 cm³/mol. The van der Waals surface area contributed by atoms with Crippen molar-refractivity contribution in [2.45, 2.75) is 85.7 Å². The first-order chi connectivity index (χ1) is 14.7. The average Bonchev–Trinajstić information content (AvgIpc) is 3.04.